The summed E-state index contributed by atoms with van der Waals surface area (Å²) in [6.45, 7) is 0.0879. The number of carbonyl (C=O) groups excluding carboxylic acids is 2. The first kappa shape index (κ1) is 22.1. The van der Waals surface area contributed by atoms with Gasteiger partial charge >= 0.3 is 6.03 Å². The first-order valence-electron chi connectivity index (χ1n) is 9.64. The molecular weight excluding hydrogens is 498 g/mol. The van der Waals surface area contributed by atoms with Gasteiger partial charge in [-0.2, -0.15) is 0 Å². The number of rotatable bonds is 5. The van der Waals surface area contributed by atoms with Crippen LogP contribution in [-0.2, 0) is 17.1 Å². The summed E-state index contributed by atoms with van der Waals surface area (Å²) in [7, 11) is 1.54. The highest BCUT2D eigenvalue weighted by Crippen LogP contribution is 2.41. The molecule has 32 heavy (non-hydrogen) atoms. The van der Waals surface area contributed by atoms with Gasteiger partial charge in [-0.3, -0.25) is 9.69 Å². The Morgan fingerprint density at radius 1 is 1.19 bits per heavy atom. The monoisotopic (exact) mass is 515 g/mol. The quantitative estimate of drug-likeness (QED) is 0.461. The van der Waals surface area contributed by atoms with Crippen LogP contribution in [0.2, 0.25) is 5.02 Å². The molecular formula is C23H19BrClN3O4. The molecule has 0 saturated heterocycles. The summed E-state index contributed by atoms with van der Waals surface area (Å²) >= 11 is 9.37. The summed E-state index contributed by atoms with van der Waals surface area (Å²) in [6, 6.07) is 17.8. The molecule has 0 aliphatic carbocycles. The van der Waals surface area contributed by atoms with Gasteiger partial charge in [-0.15, -0.1) is 0 Å². The Kier molecular flexibility index (Phi) is 6.10. The lowest BCUT2D eigenvalue weighted by Gasteiger charge is -2.42. The van der Waals surface area contributed by atoms with E-state index in [4.69, 9.17) is 16.3 Å². The maximum absolute atomic E-state index is 13.5. The summed E-state index contributed by atoms with van der Waals surface area (Å²) in [5.41, 5.74) is -0.749. The SMILES string of the molecule is COc1ccccc1CNC(=O)[C@]1(O)c2cc(Br)ccc2NC(=O)N1c1ccc(Cl)cc1. The summed E-state index contributed by atoms with van der Waals surface area (Å²) in [5, 5.41) is 17.8. The average Bonchev–Trinajstić information content (AvgIpc) is 2.79. The van der Waals surface area contributed by atoms with Crippen LogP contribution in [0.3, 0.4) is 0 Å². The number of hydrogen-bond acceptors (Lipinski definition) is 4. The minimum Gasteiger partial charge on any atom is -0.496 e. The van der Waals surface area contributed by atoms with E-state index in [0.717, 1.165) is 10.5 Å². The Morgan fingerprint density at radius 2 is 1.91 bits per heavy atom. The molecule has 164 valence electrons. The zero-order valence-corrected chi connectivity index (χ0v) is 19.3. The lowest BCUT2D eigenvalue weighted by molar-refractivity contribution is -0.140. The minimum atomic E-state index is -2.32. The number of anilines is 2. The number of urea groups is 1. The minimum absolute atomic E-state index is 0.0879. The van der Waals surface area contributed by atoms with Crippen LogP contribution >= 0.6 is 27.5 Å². The molecule has 9 heteroatoms. The van der Waals surface area contributed by atoms with E-state index in [0.29, 0.717) is 26.6 Å². The number of benzene rings is 3. The predicted octanol–water partition coefficient (Wildman–Crippen LogP) is 4.62. The molecule has 3 amide bonds. The van der Waals surface area contributed by atoms with E-state index in [1.54, 1.807) is 54.6 Å². The van der Waals surface area contributed by atoms with Gasteiger partial charge in [-0.25, -0.2) is 4.79 Å². The van der Waals surface area contributed by atoms with Gasteiger partial charge in [0.15, 0.2) is 0 Å². The number of methoxy groups -OCH3 is 1. The van der Waals surface area contributed by atoms with E-state index in [1.807, 2.05) is 12.1 Å². The predicted molar refractivity (Wildman–Crippen MR) is 126 cm³/mol. The van der Waals surface area contributed by atoms with Crippen LogP contribution in [0.25, 0.3) is 0 Å². The van der Waals surface area contributed by atoms with Crippen molar-refractivity contribution in [3.63, 3.8) is 0 Å². The lowest BCUT2D eigenvalue weighted by Crippen LogP contribution is -2.62. The number of hydrogen-bond donors (Lipinski definition) is 3. The van der Waals surface area contributed by atoms with Gasteiger partial charge in [0.05, 0.1) is 12.8 Å². The summed E-state index contributed by atoms with van der Waals surface area (Å²) < 4.78 is 5.97. The molecule has 0 spiro atoms. The second-order valence-electron chi connectivity index (χ2n) is 7.10. The van der Waals surface area contributed by atoms with Gasteiger partial charge in [0, 0.05) is 32.9 Å². The van der Waals surface area contributed by atoms with Crippen molar-refractivity contribution in [1.29, 1.82) is 0 Å². The first-order valence-corrected chi connectivity index (χ1v) is 10.8. The van der Waals surface area contributed by atoms with Crippen molar-refractivity contribution in [1.82, 2.24) is 5.32 Å². The molecule has 0 fully saturated rings. The molecule has 7 nitrogen and oxygen atoms in total. The van der Waals surface area contributed by atoms with Gasteiger partial charge in [-0.05, 0) is 48.5 Å². The fraction of sp³-hybridized carbons (Fsp3) is 0.130. The zero-order chi connectivity index (χ0) is 22.9. The Bertz CT molecular complexity index is 1190. The fourth-order valence-corrected chi connectivity index (χ4v) is 4.11. The van der Waals surface area contributed by atoms with E-state index in [2.05, 4.69) is 26.6 Å². The Balaban J connectivity index is 1.77. The smallest absolute Gasteiger partial charge is 0.329 e. The van der Waals surface area contributed by atoms with Gasteiger partial charge < -0.3 is 20.5 Å². The Labute approximate surface area is 198 Å². The van der Waals surface area contributed by atoms with Crippen LogP contribution in [0.5, 0.6) is 5.75 Å². The van der Waals surface area contributed by atoms with E-state index in [-0.39, 0.29) is 12.1 Å². The highest BCUT2D eigenvalue weighted by molar-refractivity contribution is 9.10. The number of ether oxygens (including phenoxy) is 1. The van der Waals surface area contributed by atoms with Gasteiger partial charge in [-0.1, -0.05) is 45.7 Å². The maximum atomic E-state index is 13.5. The van der Waals surface area contributed by atoms with Crippen LogP contribution in [0.4, 0.5) is 16.2 Å². The molecule has 4 rings (SSSR count). The highest BCUT2D eigenvalue weighted by Gasteiger charge is 2.52. The number of halogens is 2. The third-order valence-corrected chi connectivity index (χ3v) is 5.90. The zero-order valence-electron chi connectivity index (χ0n) is 16.9. The molecule has 3 aromatic rings. The van der Waals surface area contributed by atoms with Gasteiger partial charge in [0.1, 0.15) is 5.75 Å². The molecule has 3 aromatic carbocycles. The van der Waals surface area contributed by atoms with Crippen molar-refractivity contribution < 1.29 is 19.4 Å². The molecule has 1 aliphatic heterocycles. The van der Waals surface area contributed by atoms with E-state index in [1.165, 1.54) is 7.11 Å². The molecule has 0 unspecified atom stereocenters. The maximum Gasteiger partial charge on any atom is 0.329 e. The number of nitrogens with zero attached hydrogens (tertiary/aromatic N) is 1. The Hall–Kier alpha value is -3.07. The second-order valence-corrected chi connectivity index (χ2v) is 8.45. The van der Waals surface area contributed by atoms with Crippen molar-refractivity contribution in [3.8, 4) is 5.75 Å². The van der Waals surface area contributed by atoms with Crippen molar-refractivity contribution in [2.75, 3.05) is 17.3 Å². The fourth-order valence-electron chi connectivity index (χ4n) is 3.62. The molecule has 1 aliphatic rings. The van der Waals surface area contributed by atoms with Crippen LogP contribution in [0.1, 0.15) is 11.1 Å². The van der Waals surface area contributed by atoms with Crippen molar-refractivity contribution in [2.45, 2.75) is 12.3 Å². The number of nitrogens with one attached hydrogen (secondary N) is 2. The van der Waals surface area contributed by atoms with Crippen molar-refractivity contribution >= 4 is 50.8 Å². The molecule has 1 atom stereocenters. The van der Waals surface area contributed by atoms with Gasteiger partial charge in [0.2, 0.25) is 0 Å². The molecule has 1 heterocycles. The summed E-state index contributed by atoms with van der Waals surface area (Å²) in [5.74, 6) is -0.175. The average molecular weight is 517 g/mol. The number of amides is 3. The topological polar surface area (TPSA) is 90.9 Å². The van der Waals surface area contributed by atoms with Crippen molar-refractivity contribution in [3.05, 3.63) is 87.4 Å². The third kappa shape index (κ3) is 3.92. The van der Waals surface area contributed by atoms with Gasteiger partial charge in [0.25, 0.3) is 11.6 Å². The molecule has 0 radical (unpaired) electrons. The van der Waals surface area contributed by atoms with E-state index < -0.39 is 17.7 Å². The summed E-state index contributed by atoms with van der Waals surface area (Å²) in [6.07, 6.45) is 0. The van der Waals surface area contributed by atoms with Crippen LogP contribution < -0.4 is 20.3 Å². The first-order chi connectivity index (χ1) is 15.3. The van der Waals surface area contributed by atoms with E-state index >= 15 is 0 Å². The lowest BCUT2D eigenvalue weighted by atomic mass is 9.94. The molecule has 3 N–H and O–H groups in total. The normalized spacial score (nSPS) is 17.4. The Morgan fingerprint density at radius 3 is 2.62 bits per heavy atom. The number of para-hydroxylation sites is 1. The van der Waals surface area contributed by atoms with Crippen molar-refractivity contribution in [2.24, 2.45) is 0 Å². The highest BCUT2D eigenvalue weighted by atomic mass is 79.9. The largest absolute Gasteiger partial charge is 0.496 e. The van der Waals surface area contributed by atoms with E-state index in [9.17, 15) is 14.7 Å². The van der Waals surface area contributed by atoms with Crippen LogP contribution in [0, 0.1) is 0 Å². The standard InChI is InChI=1S/C23H19BrClN3O4/c1-32-20-5-3-2-4-14(20)13-26-21(29)23(31)18-12-15(24)6-11-19(18)27-22(30)28(23)17-9-7-16(25)8-10-17/h2-12,31H,13H2,1H3,(H,26,29)(H,27,30)/t23-/m1/s1. The summed E-state index contributed by atoms with van der Waals surface area (Å²) in [4.78, 5) is 27.5. The molecule has 0 aromatic heterocycles. The molecule has 0 saturated carbocycles. The molecule has 0 bridgehead atoms. The number of carbonyl (C=O) groups is 2. The third-order valence-electron chi connectivity index (χ3n) is 5.16. The number of aliphatic hydroxyl groups is 1. The van der Waals surface area contributed by atoms with Crippen LogP contribution in [0.15, 0.2) is 71.2 Å². The van der Waals surface area contributed by atoms with Crippen LogP contribution in [-0.4, -0.2) is 24.2 Å². The second kappa shape index (κ2) is 8.82. The number of fused-ring (bicyclic) bond motifs is 1.